The lowest BCUT2D eigenvalue weighted by Crippen LogP contribution is -2.39. The summed E-state index contributed by atoms with van der Waals surface area (Å²) in [6.07, 6.45) is 0.0575. The van der Waals surface area contributed by atoms with E-state index < -0.39 is 29.6 Å². The quantitative estimate of drug-likeness (QED) is 0.804. The van der Waals surface area contributed by atoms with Crippen molar-refractivity contribution in [1.29, 1.82) is 0 Å². The Kier molecular flexibility index (Phi) is 4.52. The van der Waals surface area contributed by atoms with Crippen LogP contribution in [0.25, 0.3) is 0 Å². The van der Waals surface area contributed by atoms with Gasteiger partial charge in [0.25, 0.3) is 0 Å². The highest BCUT2D eigenvalue weighted by molar-refractivity contribution is 6.39. The van der Waals surface area contributed by atoms with E-state index in [2.05, 4.69) is 5.32 Å². The zero-order valence-electron chi connectivity index (χ0n) is 11.5. The highest BCUT2D eigenvalue weighted by Crippen LogP contribution is 2.20. The Morgan fingerprint density at radius 2 is 2.14 bits per heavy atom. The molecule has 0 spiro atoms. The van der Waals surface area contributed by atoms with Crippen molar-refractivity contribution < 1.29 is 23.5 Å². The molecule has 2 atom stereocenters. The Morgan fingerprint density at radius 1 is 1.43 bits per heavy atom. The van der Waals surface area contributed by atoms with E-state index in [1.807, 2.05) is 0 Å². The zero-order valence-corrected chi connectivity index (χ0v) is 11.5. The van der Waals surface area contributed by atoms with E-state index in [1.165, 1.54) is 4.90 Å². The molecule has 7 heteroatoms. The number of anilines is 1. The third-order valence-electron chi connectivity index (χ3n) is 3.57. The van der Waals surface area contributed by atoms with Crippen molar-refractivity contribution in [2.24, 2.45) is 5.92 Å². The van der Waals surface area contributed by atoms with Gasteiger partial charge in [0.05, 0.1) is 11.8 Å². The molecule has 0 aromatic heterocycles. The molecule has 0 aliphatic carbocycles. The summed E-state index contributed by atoms with van der Waals surface area (Å²) in [5, 5.41) is 11.6. The number of halogens is 2. The summed E-state index contributed by atoms with van der Waals surface area (Å²) in [6, 6.07) is 2.67. The Balaban J connectivity index is 1.99. The van der Waals surface area contributed by atoms with Crippen LogP contribution < -0.4 is 5.32 Å². The number of nitrogens with one attached hydrogen (secondary N) is 1. The van der Waals surface area contributed by atoms with Gasteiger partial charge in [0.2, 0.25) is 0 Å². The number of likely N-dealkylation sites (tertiary alicyclic amines) is 1. The van der Waals surface area contributed by atoms with Crippen LogP contribution in [-0.2, 0) is 9.59 Å². The standard InChI is InChI=1S/C14H16F2N2O3/c1-8(19)9-4-5-18(7-9)14(21)13(20)17-12-3-2-10(15)6-11(12)16/h2-3,6,8-9,19H,4-5,7H2,1H3,(H,17,20). The molecular weight excluding hydrogens is 282 g/mol. The maximum Gasteiger partial charge on any atom is 0.313 e. The Morgan fingerprint density at radius 3 is 2.71 bits per heavy atom. The predicted octanol–water partition coefficient (Wildman–Crippen LogP) is 1.13. The number of aliphatic hydroxyl groups excluding tert-OH is 1. The van der Waals surface area contributed by atoms with Gasteiger partial charge in [-0.25, -0.2) is 8.78 Å². The van der Waals surface area contributed by atoms with Gasteiger partial charge in [0.1, 0.15) is 11.6 Å². The fourth-order valence-electron chi connectivity index (χ4n) is 2.28. The number of nitrogens with zero attached hydrogens (tertiary/aromatic N) is 1. The van der Waals surface area contributed by atoms with Crippen LogP contribution in [0.1, 0.15) is 13.3 Å². The summed E-state index contributed by atoms with van der Waals surface area (Å²) in [5.41, 5.74) is -0.249. The lowest BCUT2D eigenvalue weighted by atomic mass is 10.0. The third kappa shape index (κ3) is 3.55. The van der Waals surface area contributed by atoms with Crippen molar-refractivity contribution in [3.63, 3.8) is 0 Å². The van der Waals surface area contributed by atoms with Gasteiger partial charge < -0.3 is 15.3 Å². The average Bonchev–Trinajstić information content (AvgIpc) is 2.90. The molecule has 1 saturated heterocycles. The summed E-state index contributed by atoms with van der Waals surface area (Å²) >= 11 is 0. The SMILES string of the molecule is CC(O)C1CCN(C(=O)C(=O)Nc2ccc(F)cc2F)C1. The van der Waals surface area contributed by atoms with E-state index in [0.717, 1.165) is 12.1 Å². The largest absolute Gasteiger partial charge is 0.393 e. The van der Waals surface area contributed by atoms with Gasteiger partial charge in [-0.05, 0) is 25.5 Å². The molecule has 1 heterocycles. The number of hydrogen-bond donors (Lipinski definition) is 2. The normalized spacial score (nSPS) is 19.4. The van der Waals surface area contributed by atoms with E-state index in [-0.39, 0.29) is 18.2 Å². The number of hydrogen-bond acceptors (Lipinski definition) is 3. The molecule has 2 rings (SSSR count). The van der Waals surface area contributed by atoms with Crippen molar-refractivity contribution in [1.82, 2.24) is 4.90 Å². The molecule has 2 unspecified atom stereocenters. The van der Waals surface area contributed by atoms with E-state index in [0.29, 0.717) is 19.0 Å². The predicted molar refractivity (Wildman–Crippen MR) is 71.4 cm³/mol. The second-order valence-corrected chi connectivity index (χ2v) is 5.12. The van der Waals surface area contributed by atoms with Gasteiger partial charge in [-0.3, -0.25) is 9.59 Å². The number of carbonyl (C=O) groups is 2. The molecule has 114 valence electrons. The monoisotopic (exact) mass is 298 g/mol. The first-order valence-corrected chi connectivity index (χ1v) is 6.62. The number of benzene rings is 1. The molecule has 2 N–H and O–H groups in total. The minimum Gasteiger partial charge on any atom is -0.393 e. The van der Waals surface area contributed by atoms with Crippen molar-refractivity contribution >= 4 is 17.5 Å². The van der Waals surface area contributed by atoms with Gasteiger partial charge in [0, 0.05) is 25.1 Å². The maximum atomic E-state index is 13.4. The smallest absolute Gasteiger partial charge is 0.313 e. The van der Waals surface area contributed by atoms with Crippen LogP contribution in [-0.4, -0.2) is 41.0 Å². The molecule has 2 amide bonds. The minimum atomic E-state index is -0.980. The lowest BCUT2D eigenvalue weighted by molar-refractivity contribution is -0.142. The third-order valence-corrected chi connectivity index (χ3v) is 3.57. The van der Waals surface area contributed by atoms with Crippen molar-refractivity contribution in [3.05, 3.63) is 29.8 Å². The second kappa shape index (κ2) is 6.17. The van der Waals surface area contributed by atoms with Gasteiger partial charge in [0.15, 0.2) is 0 Å². The highest BCUT2D eigenvalue weighted by Gasteiger charge is 2.32. The van der Waals surface area contributed by atoms with Gasteiger partial charge in [-0.15, -0.1) is 0 Å². The molecule has 0 bridgehead atoms. The molecule has 0 saturated carbocycles. The summed E-state index contributed by atoms with van der Waals surface area (Å²) in [6.45, 7) is 2.29. The number of rotatable bonds is 2. The van der Waals surface area contributed by atoms with Gasteiger partial charge >= 0.3 is 11.8 Å². The molecule has 1 aliphatic heterocycles. The molecule has 0 radical (unpaired) electrons. The summed E-state index contributed by atoms with van der Waals surface area (Å²) in [7, 11) is 0. The van der Waals surface area contributed by atoms with E-state index >= 15 is 0 Å². The summed E-state index contributed by atoms with van der Waals surface area (Å²) < 4.78 is 26.2. The molecule has 5 nitrogen and oxygen atoms in total. The van der Waals surface area contributed by atoms with Crippen LogP contribution in [0.3, 0.4) is 0 Å². The Hall–Kier alpha value is -2.02. The molecule has 21 heavy (non-hydrogen) atoms. The first kappa shape index (κ1) is 15.4. The van der Waals surface area contributed by atoms with Crippen LogP contribution in [0.2, 0.25) is 0 Å². The topological polar surface area (TPSA) is 69.6 Å². The van der Waals surface area contributed by atoms with Crippen LogP contribution in [0, 0.1) is 17.6 Å². The molecule has 1 aromatic carbocycles. The minimum absolute atomic E-state index is 0.0655. The fourth-order valence-corrected chi connectivity index (χ4v) is 2.28. The van der Waals surface area contributed by atoms with Crippen LogP contribution in [0.15, 0.2) is 18.2 Å². The molecule has 1 aliphatic rings. The number of aliphatic hydroxyl groups is 1. The Labute approximate surface area is 120 Å². The Bertz CT molecular complexity index is 563. The van der Waals surface area contributed by atoms with Crippen LogP contribution >= 0.6 is 0 Å². The number of amides is 2. The van der Waals surface area contributed by atoms with Crippen molar-refractivity contribution in [2.75, 3.05) is 18.4 Å². The summed E-state index contributed by atoms with van der Waals surface area (Å²) in [5.74, 6) is -3.55. The average molecular weight is 298 g/mol. The molecular formula is C14H16F2N2O3. The second-order valence-electron chi connectivity index (χ2n) is 5.12. The van der Waals surface area contributed by atoms with Gasteiger partial charge in [-0.1, -0.05) is 0 Å². The molecule has 1 aromatic rings. The van der Waals surface area contributed by atoms with E-state index in [1.54, 1.807) is 6.92 Å². The van der Waals surface area contributed by atoms with Crippen LogP contribution in [0.5, 0.6) is 0 Å². The number of carbonyl (C=O) groups excluding carboxylic acids is 2. The van der Waals surface area contributed by atoms with E-state index in [4.69, 9.17) is 0 Å². The fraction of sp³-hybridized carbons (Fsp3) is 0.429. The van der Waals surface area contributed by atoms with Gasteiger partial charge in [-0.2, -0.15) is 0 Å². The highest BCUT2D eigenvalue weighted by atomic mass is 19.1. The maximum absolute atomic E-state index is 13.4. The first-order valence-electron chi connectivity index (χ1n) is 6.62. The first-order chi connectivity index (χ1) is 9.88. The lowest BCUT2D eigenvalue weighted by Gasteiger charge is -2.17. The zero-order chi connectivity index (χ0) is 15.6. The van der Waals surface area contributed by atoms with Crippen LogP contribution in [0.4, 0.5) is 14.5 Å². The summed E-state index contributed by atoms with van der Waals surface area (Å²) in [4.78, 5) is 25.0. The van der Waals surface area contributed by atoms with Crippen molar-refractivity contribution in [2.45, 2.75) is 19.4 Å². The van der Waals surface area contributed by atoms with E-state index in [9.17, 15) is 23.5 Å². The molecule has 1 fully saturated rings. The van der Waals surface area contributed by atoms with Crippen molar-refractivity contribution in [3.8, 4) is 0 Å².